The van der Waals surface area contributed by atoms with Crippen molar-refractivity contribution in [1.29, 1.82) is 0 Å². The predicted molar refractivity (Wildman–Crippen MR) is 38.9 cm³/mol. The van der Waals surface area contributed by atoms with Crippen LogP contribution in [0.4, 0.5) is 0 Å². The third-order valence-electron chi connectivity index (χ3n) is 1.41. The second-order valence-corrected chi connectivity index (χ2v) is 3.46. The van der Waals surface area contributed by atoms with Crippen LogP contribution in [0.2, 0.25) is 0 Å². The summed E-state index contributed by atoms with van der Waals surface area (Å²) in [4.78, 5) is 2.87. The van der Waals surface area contributed by atoms with Crippen LogP contribution in [-0.4, -0.2) is 23.3 Å². The van der Waals surface area contributed by atoms with Crippen LogP contribution in [0.5, 0.6) is 0 Å². The zero-order chi connectivity index (χ0) is 5.98. The van der Waals surface area contributed by atoms with Crippen molar-refractivity contribution < 1.29 is 0 Å². The molecule has 1 aliphatic rings. The average molecular weight is 177 g/mol. The molecular formula is C6H11BrN. The summed E-state index contributed by atoms with van der Waals surface area (Å²) in [6.07, 6.45) is 2.62. The number of piperidine rings is 1. The maximum Gasteiger partial charge on any atom is 0.0384 e. The van der Waals surface area contributed by atoms with Crippen LogP contribution in [0.1, 0.15) is 12.8 Å². The van der Waals surface area contributed by atoms with Gasteiger partial charge in [0.15, 0.2) is 0 Å². The summed E-state index contributed by atoms with van der Waals surface area (Å²) in [5.41, 5.74) is 0. The molecule has 0 aromatic heterocycles. The Balaban J connectivity index is 2.23. The number of nitrogens with zero attached hydrogens (tertiary/aromatic N) is 1. The molecule has 1 nitrogen and oxygen atoms in total. The highest BCUT2D eigenvalue weighted by molar-refractivity contribution is 9.09. The van der Waals surface area contributed by atoms with Crippen LogP contribution in [0.15, 0.2) is 0 Å². The van der Waals surface area contributed by atoms with Crippen molar-refractivity contribution in [3.63, 3.8) is 0 Å². The monoisotopic (exact) mass is 176 g/mol. The van der Waals surface area contributed by atoms with E-state index in [2.05, 4.69) is 34.4 Å². The zero-order valence-electron chi connectivity index (χ0n) is 5.10. The van der Waals surface area contributed by atoms with Gasteiger partial charge in [-0.2, -0.15) is 0 Å². The van der Waals surface area contributed by atoms with Gasteiger partial charge in [0, 0.05) is 11.4 Å². The molecule has 8 heavy (non-hydrogen) atoms. The first-order valence-electron chi connectivity index (χ1n) is 2.98. The molecule has 0 spiro atoms. The molecular weight excluding hydrogens is 166 g/mol. The first kappa shape index (κ1) is 6.56. The summed E-state index contributed by atoms with van der Waals surface area (Å²) in [5, 5.41) is 0. The number of halogens is 1. The molecule has 0 aliphatic carbocycles. The van der Waals surface area contributed by atoms with Crippen LogP contribution in [0, 0.1) is 6.54 Å². The van der Waals surface area contributed by atoms with Crippen LogP contribution < -0.4 is 0 Å². The minimum absolute atomic E-state index is 0.626. The maximum atomic E-state index is 3.53. The largest absolute Gasteiger partial charge is 0.301 e. The third-order valence-corrected chi connectivity index (χ3v) is 2.10. The minimum Gasteiger partial charge on any atom is -0.301 e. The minimum atomic E-state index is 0.626. The van der Waals surface area contributed by atoms with E-state index in [0.717, 1.165) is 0 Å². The van der Waals surface area contributed by atoms with Gasteiger partial charge in [-0.1, -0.05) is 15.9 Å². The summed E-state index contributed by atoms with van der Waals surface area (Å²) in [5.74, 6) is 0. The third kappa shape index (κ3) is 1.75. The lowest BCUT2D eigenvalue weighted by molar-refractivity contribution is 0.343. The second-order valence-electron chi connectivity index (χ2n) is 2.29. The first-order chi connectivity index (χ1) is 3.79. The van der Waals surface area contributed by atoms with Crippen molar-refractivity contribution >= 4 is 15.9 Å². The average Bonchev–Trinajstić information content (AvgIpc) is 1.64. The molecule has 2 heteroatoms. The molecule has 1 unspecified atom stereocenters. The molecule has 47 valence electrons. The van der Waals surface area contributed by atoms with E-state index in [1.807, 2.05) is 0 Å². The van der Waals surface area contributed by atoms with E-state index in [4.69, 9.17) is 0 Å². The Bertz CT molecular complexity index is 66.9. The van der Waals surface area contributed by atoms with E-state index < -0.39 is 0 Å². The van der Waals surface area contributed by atoms with Gasteiger partial charge < -0.3 is 4.90 Å². The van der Waals surface area contributed by atoms with Gasteiger partial charge in [-0.05, 0) is 26.4 Å². The molecule has 1 heterocycles. The maximum absolute atomic E-state index is 3.53. The van der Waals surface area contributed by atoms with Crippen molar-refractivity contribution in [1.82, 2.24) is 4.90 Å². The molecule has 0 aromatic carbocycles. The fourth-order valence-electron chi connectivity index (χ4n) is 0.961. The molecule has 1 fully saturated rings. The zero-order valence-corrected chi connectivity index (χ0v) is 6.69. The van der Waals surface area contributed by atoms with Gasteiger partial charge in [-0.15, -0.1) is 0 Å². The fraction of sp³-hybridized carbons (Fsp3) is 0.833. The van der Waals surface area contributed by atoms with Gasteiger partial charge in [0.2, 0.25) is 0 Å². The Labute approximate surface area is 59.2 Å². The Kier molecular flexibility index (Phi) is 2.32. The highest BCUT2D eigenvalue weighted by Crippen LogP contribution is 2.18. The lowest BCUT2D eigenvalue weighted by atomic mass is 10.1. The Morgan fingerprint density at radius 3 is 2.88 bits per heavy atom. The molecule has 0 N–H and O–H groups in total. The van der Waals surface area contributed by atoms with E-state index >= 15 is 0 Å². The van der Waals surface area contributed by atoms with E-state index in [0.29, 0.717) is 4.83 Å². The SMILES string of the molecule is CN1[CH]C(Br)CCC1. The smallest absolute Gasteiger partial charge is 0.0384 e. The van der Waals surface area contributed by atoms with Crippen molar-refractivity contribution in [3.05, 3.63) is 6.54 Å². The molecule has 1 radical (unpaired) electrons. The number of hydrogen-bond acceptors (Lipinski definition) is 1. The van der Waals surface area contributed by atoms with E-state index in [-0.39, 0.29) is 0 Å². The second kappa shape index (κ2) is 2.83. The van der Waals surface area contributed by atoms with Crippen LogP contribution in [0.3, 0.4) is 0 Å². The molecule has 0 saturated carbocycles. The molecule has 1 atom stereocenters. The van der Waals surface area contributed by atoms with Crippen molar-refractivity contribution in [2.75, 3.05) is 13.6 Å². The van der Waals surface area contributed by atoms with Gasteiger partial charge in [-0.25, -0.2) is 0 Å². The lowest BCUT2D eigenvalue weighted by Crippen LogP contribution is -2.27. The molecule has 0 aromatic rings. The molecule has 0 amide bonds. The topological polar surface area (TPSA) is 3.24 Å². The highest BCUT2D eigenvalue weighted by atomic mass is 79.9. The van der Waals surface area contributed by atoms with Gasteiger partial charge in [0.1, 0.15) is 0 Å². The molecule has 1 aliphatic heterocycles. The fourth-order valence-corrected chi connectivity index (χ4v) is 1.69. The van der Waals surface area contributed by atoms with E-state index in [9.17, 15) is 0 Å². The van der Waals surface area contributed by atoms with Gasteiger partial charge in [0.05, 0.1) is 0 Å². The first-order valence-corrected chi connectivity index (χ1v) is 3.90. The molecule has 1 rings (SSSR count). The van der Waals surface area contributed by atoms with Crippen molar-refractivity contribution in [2.24, 2.45) is 0 Å². The lowest BCUT2D eigenvalue weighted by Gasteiger charge is -2.24. The summed E-state index contributed by atoms with van der Waals surface area (Å²) in [6.45, 7) is 3.45. The van der Waals surface area contributed by atoms with E-state index in [1.54, 1.807) is 0 Å². The number of hydrogen-bond donors (Lipinski definition) is 0. The summed E-state index contributed by atoms with van der Waals surface area (Å²) >= 11 is 3.53. The quantitative estimate of drug-likeness (QED) is 0.508. The van der Waals surface area contributed by atoms with Gasteiger partial charge >= 0.3 is 0 Å². The van der Waals surface area contributed by atoms with E-state index in [1.165, 1.54) is 19.4 Å². The van der Waals surface area contributed by atoms with Crippen molar-refractivity contribution in [2.45, 2.75) is 17.7 Å². The Hall–Kier alpha value is 0.440. The van der Waals surface area contributed by atoms with Gasteiger partial charge in [0.25, 0.3) is 0 Å². The van der Waals surface area contributed by atoms with Crippen LogP contribution in [-0.2, 0) is 0 Å². The van der Waals surface area contributed by atoms with Crippen LogP contribution >= 0.6 is 15.9 Å². The van der Waals surface area contributed by atoms with Crippen molar-refractivity contribution in [3.8, 4) is 0 Å². The summed E-state index contributed by atoms with van der Waals surface area (Å²) in [6, 6.07) is 0. The van der Waals surface area contributed by atoms with Crippen LogP contribution in [0.25, 0.3) is 0 Å². The summed E-state index contributed by atoms with van der Waals surface area (Å²) < 4.78 is 0. The number of rotatable bonds is 0. The molecule has 0 bridgehead atoms. The normalized spacial score (nSPS) is 33.0. The Morgan fingerprint density at radius 1 is 1.75 bits per heavy atom. The number of likely N-dealkylation sites (tertiary alicyclic amines) is 1. The molecule has 1 saturated heterocycles. The Morgan fingerprint density at radius 2 is 2.50 bits per heavy atom. The summed E-state index contributed by atoms with van der Waals surface area (Å²) in [7, 11) is 2.12. The predicted octanol–water partition coefficient (Wildman–Crippen LogP) is 1.64. The standard InChI is InChI=1S/C6H11BrN/c1-8-4-2-3-6(7)5-8/h5-6H,2-4H2,1H3. The highest BCUT2D eigenvalue weighted by Gasteiger charge is 2.13. The number of alkyl halides is 1. The van der Waals surface area contributed by atoms with Gasteiger partial charge in [-0.3, -0.25) is 0 Å².